The van der Waals surface area contributed by atoms with E-state index >= 15 is 0 Å². The molecule has 0 aliphatic heterocycles. The standard InChI is InChI=1S/2C42H52N4OSi2.C6H6/c2*1-39(2,3)43-37(29-21-15-13-16-22-29)44(40(4,5)6)48(43)33-27-19-25-31-32-26-20-28-34(36(32)47-35(31)33)49-45(41(7,8)9)38(46(49)42(10,11)12)30-23-17-14-18-24-30;1-2-4-6-5-3-1/h2*13-28H,1-12H3;1-6H. The highest BCUT2D eigenvalue weighted by molar-refractivity contribution is 6.60. The van der Waals surface area contributed by atoms with Crippen LogP contribution in [-0.4, -0.2) is 51.8 Å². The maximum Gasteiger partial charge on any atom is 0.152 e. The van der Waals surface area contributed by atoms with E-state index in [1.54, 1.807) is 0 Å². The third-order valence-electron chi connectivity index (χ3n) is 19.6. The van der Waals surface area contributed by atoms with Gasteiger partial charge in [-0.3, -0.25) is 0 Å². The Morgan fingerprint density at radius 3 is 0.529 bits per heavy atom. The van der Waals surface area contributed by atoms with E-state index in [9.17, 15) is 0 Å². The molecule has 9 aromatic carbocycles. The lowest BCUT2D eigenvalue weighted by atomic mass is 10.1. The first-order valence-electron chi connectivity index (χ1n) is 37.3. The van der Waals surface area contributed by atoms with Gasteiger partial charge in [0.05, 0.1) is 0 Å². The van der Waals surface area contributed by atoms with Gasteiger partial charge in [0.25, 0.3) is 0 Å². The van der Waals surface area contributed by atoms with Crippen molar-refractivity contribution >= 4 is 78.8 Å². The van der Waals surface area contributed by atoms with E-state index in [4.69, 9.17) is 8.83 Å². The lowest BCUT2D eigenvalue weighted by Gasteiger charge is -2.49. The molecule has 0 amide bonds. The maximum absolute atomic E-state index is 7.28. The summed E-state index contributed by atoms with van der Waals surface area (Å²) in [5.74, 6) is 5.25. The molecule has 10 nitrogen and oxygen atoms in total. The third kappa shape index (κ3) is 13.2. The van der Waals surface area contributed by atoms with Gasteiger partial charge in [0.15, 0.2) is 23.3 Å². The Bertz CT molecular complexity index is 4740. The molecular weight excluding hydrogens is 1340 g/mol. The second-order valence-electron chi connectivity index (χ2n) is 36.2. The van der Waals surface area contributed by atoms with Crippen LogP contribution >= 0.6 is 0 Å². The molecule has 0 fully saturated rings. The zero-order chi connectivity index (χ0) is 74.8. The molecule has 6 aromatic heterocycles. The first-order chi connectivity index (χ1) is 48.8. The Kier molecular flexibility index (Phi) is 18.9. The van der Waals surface area contributed by atoms with E-state index in [0.717, 1.165) is 22.3 Å². The Balaban J connectivity index is 0.000000171. The fourth-order valence-corrected chi connectivity index (χ4v) is 28.8. The minimum absolute atomic E-state index is 0.0678. The number of benzene rings is 9. The predicted octanol–water partition coefficient (Wildman–Crippen LogP) is 20.9. The van der Waals surface area contributed by atoms with Crippen LogP contribution in [0.2, 0.25) is 0 Å². The predicted molar refractivity (Wildman–Crippen MR) is 440 cm³/mol. The van der Waals surface area contributed by atoms with Crippen molar-refractivity contribution in [2.24, 2.45) is 0 Å². The molecule has 14 heteroatoms. The summed E-state index contributed by atoms with van der Waals surface area (Å²) >= 11 is 0. The summed E-state index contributed by atoms with van der Waals surface area (Å²) in [7, 11) is -5.60. The van der Waals surface area contributed by atoms with Crippen molar-refractivity contribution in [1.29, 1.82) is 0 Å². The minimum atomic E-state index is -1.40. The van der Waals surface area contributed by atoms with Crippen molar-refractivity contribution in [3.05, 3.63) is 231 Å². The zero-order valence-corrected chi connectivity index (χ0v) is 70.3. The van der Waals surface area contributed by atoms with Gasteiger partial charge in [-0.05, 0) is 215 Å². The second kappa shape index (κ2) is 26.7. The van der Waals surface area contributed by atoms with Gasteiger partial charge in [-0.1, -0.05) is 203 Å². The van der Waals surface area contributed by atoms with Crippen molar-refractivity contribution in [2.45, 2.75) is 210 Å². The van der Waals surface area contributed by atoms with Gasteiger partial charge in [-0.25, -0.2) is 0 Å². The number of para-hydroxylation sites is 4. The van der Waals surface area contributed by atoms with E-state index in [1.807, 2.05) is 36.4 Å². The fourth-order valence-electron chi connectivity index (χ4n) is 15.6. The molecule has 0 N–H and O–H groups in total. The summed E-state index contributed by atoms with van der Waals surface area (Å²) in [6.45, 7) is 56.4. The van der Waals surface area contributed by atoms with Crippen LogP contribution in [-0.2, 0) is 44.3 Å². The molecule has 0 aliphatic carbocycles. The van der Waals surface area contributed by atoms with Gasteiger partial charge < -0.3 is 42.6 Å². The molecule has 0 saturated heterocycles. The van der Waals surface area contributed by atoms with E-state index in [-0.39, 0.29) is 44.3 Å². The van der Waals surface area contributed by atoms with Crippen molar-refractivity contribution in [2.75, 3.05) is 0 Å². The van der Waals surface area contributed by atoms with Crippen molar-refractivity contribution in [3.63, 3.8) is 0 Å². The van der Waals surface area contributed by atoms with Crippen LogP contribution in [0.25, 0.3) is 110 Å². The van der Waals surface area contributed by atoms with E-state index in [2.05, 4.69) is 394 Å². The zero-order valence-electron chi connectivity index (χ0n) is 66.3. The van der Waals surface area contributed by atoms with Gasteiger partial charge in [0, 0.05) is 88.1 Å². The average Bonchev–Trinajstić information content (AvgIpc) is 0.988. The van der Waals surface area contributed by atoms with E-state index in [1.165, 1.54) is 87.8 Å². The third-order valence-corrected chi connectivity index (χ3v) is 33.5. The Labute approximate surface area is 624 Å². The molecule has 0 spiro atoms. The second-order valence-corrected chi connectivity index (χ2v) is 44.5. The SMILES string of the molecule is CC(C)(C)n1c(-c2ccccc2)[n+](C(C)(C)C)[si-]1-c1cccc2c1oc1c(-[si-]3n(C(C)(C)C)c(-c4ccccc4)[n+]3C(C)(C)C)cccc12.CC(C)(C)n1c(-c2ccccc2)[n+](C(C)(C)C)[si-]1-c1cccc2c1oc1c(-[si-]3n(C(C)(C)C)c(-c4ccccc4)[n+]3C(C)(C)C)cccc12.c1ccccc1. The monoisotopic (exact) mass is 1450 g/mol. The summed E-state index contributed by atoms with van der Waals surface area (Å²) in [4.78, 5) is 0. The van der Waals surface area contributed by atoms with E-state index < -0.39 is 34.9 Å². The summed E-state index contributed by atoms with van der Waals surface area (Å²) < 4.78 is 36.1. The first-order valence-corrected chi connectivity index (χ1v) is 42.9. The van der Waals surface area contributed by atoms with E-state index in [0.29, 0.717) is 0 Å². The molecule has 538 valence electrons. The quantitative estimate of drug-likeness (QED) is 0.142. The number of nitrogens with zero attached hydrogens (tertiary/aromatic N) is 8. The van der Waals surface area contributed by atoms with Crippen LogP contribution in [0.15, 0.2) is 239 Å². The van der Waals surface area contributed by atoms with Gasteiger partial charge in [-0.2, -0.15) is 0 Å². The Hall–Kier alpha value is -8.67. The molecule has 104 heavy (non-hydrogen) atoms. The van der Waals surface area contributed by atoms with Crippen molar-refractivity contribution in [1.82, 2.24) is 16.9 Å². The molecule has 0 atom stereocenters. The molecule has 0 radical (unpaired) electrons. The topological polar surface area (TPSA) is 61.5 Å². The molecule has 15 aromatic rings. The Morgan fingerprint density at radius 2 is 0.375 bits per heavy atom. The van der Waals surface area contributed by atoms with Crippen LogP contribution < -0.4 is 16.9 Å². The van der Waals surface area contributed by atoms with Crippen LogP contribution in [0.3, 0.4) is 0 Å². The summed E-state index contributed by atoms with van der Waals surface area (Å²) in [6.07, 6.45) is 0. The van der Waals surface area contributed by atoms with Crippen molar-refractivity contribution in [3.8, 4) is 66.3 Å². The van der Waals surface area contributed by atoms with Crippen LogP contribution in [0.1, 0.15) is 166 Å². The molecule has 6 heterocycles. The molecule has 0 unspecified atom stereocenters. The highest BCUT2D eigenvalue weighted by Gasteiger charge is 2.39. The maximum atomic E-state index is 7.28. The molecule has 0 aliphatic rings. The minimum Gasteiger partial charge on any atom is -0.461 e. The number of hydrogen-bond acceptors (Lipinski definition) is 2. The van der Waals surface area contributed by atoms with Crippen LogP contribution in [0.4, 0.5) is 0 Å². The van der Waals surface area contributed by atoms with Crippen LogP contribution in [0.5, 0.6) is 0 Å². The lowest BCUT2D eigenvalue weighted by Crippen LogP contribution is -2.70. The number of rotatable bonds is 8. The number of furan rings is 2. The van der Waals surface area contributed by atoms with Gasteiger partial charge in [0.1, 0.15) is 57.3 Å². The van der Waals surface area contributed by atoms with Gasteiger partial charge in [0.2, 0.25) is 0 Å². The normalized spacial score (nSPS) is 13.0. The average molecular weight is 1450 g/mol. The number of aromatic nitrogens is 8. The highest BCUT2D eigenvalue weighted by Crippen LogP contribution is 2.43. The summed E-state index contributed by atoms with van der Waals surface area (Å²) in [5, 5.41) is 10.1. The summed E-state index contributed by atoms with van der Waals surface area (Å²) in [5.41, 5.74) is 8.67. The highest BCUT2D eigenvalue weighted by atomic mass is 28.2. The molecule has 0 bridgehead atoms. The summed E-state index contributed by atoms with van der Waals surface area (Å²) in [6, 6.07) is 83.1. The first kappa shape index (κ1) is 73.6. The van der Waals surface area contributed by atoms with Crippen molar-refractivity contribution < 1.29 is 25.7 Å². The number of fused-ring (bicyclic) bond motifs is 6. The Morgan fingerprint density at radius 1 is 0.212 bits per heavy atom. The van der Waals surface area contributed by atoms with Gasteiger partial charge >= 0.3 is 0 Å². The lowest BCUT2D eigenvalue weighted by molar-refractivity contribution is -0.713. The fraction of sp³-hybridized carbons (Fsp3) is 0.356. The molecule has 0 saturated carbocycles. The molecular formula is C90H110N8O2Si4. The number of hydrogen-bond donors (Lipinski definition) is 0. The largest absolute Gasteiger partial charge is 0.461 e. The molecule has 15 rings (SSSR count). The van der Waals surface area contributed by atoms with Crippen LogP contribution in [0, 0.1) is 0 Å². The van der Waals surface area contributed by atoms with Gasteiger partial charge in [-0.15, -0.1) is 0 Å². The smallest absolute Gasteiger partial charge is 0.152 e.